The molecule has 0 aliphatic carbocycles. The molecule has 2 heterocycles. The van der Waals surface area contributed by atoms with Crippen LogP contribution < -0.4 is 10.1 Å². The lowest BCUT2D eigenvalue weighted by Crippen LogP contribution is -2.45. The summed E-state index contributed by atoms with van der Waals surface area (Å²) in [4.78, 5) is 17.5. The number of carbonyl (C=O) groups is 1. The maximum absolute atomic E-state index is 13.8. The second-order valence-corrected chi connectivity index (χ2v) is 12.4. The fourth-order valence-corrected chi connectivity index (χ4v) is 7.33. The molecule has 0 radical (unpaired) electrons. The number of ether oxygens (including phenoxy) is 1. The highest BCUT2D eigenvalue weighted by atomic mass is 35.5. The highest BCUT2D eigenvalue weighted by Crippen LogP contribution is 2.36. The summed E-state index contributed by atoms with van der Waals surface area (Å²) in [6.45, 7) is 2.20. The van der Waals surface area contributed by atoms with Gasteiger partial charge in [0.15, 0.2) is 0 Å². The number of para-hydroxylation sites is 1. The van der Waals surface area contributed by atoms with E-state index >= 15 is 0 Å². The van der Waals surface area contributed by atoms with Crippen LogP contribution in [0.3, 0.4) is 0 Å². The zero-order chi connectivity index (χ0) is 29.1. The number of sulfonamides is 1. The zero-order valence-corrected chi connectivity index (χ0v) is 24.4. The molecule has 5 rings (SSSR count). The molecular weight excluding hydrogens is 583 g/mol. The van der Waals surface area contributed by atoms with E-state index in [-0.39, 0.29) is 34.6 Å². The first-order valence-corrected chi connectivity index (χ1v) is 15.1. The summed E-state index contributed by atoms with van der Waals surface area (Å²) < 4.78 is 34.8. The number of nitrogens with one attached hydrogen (secondary N) is 1. The summed E-state index contributed by atoms with van der Waals surface area (Å²) in [5.74, 6) is 0.118. The molecule has 1 amide bonds. The minimum absolute atomic E-state index is 0.0504. The number of fused-ring (bicyclic) bond motifs is 1. The maximum Gasteiger partial charge on any atom is 0.245 e. The summed E-state index contributed by atoms with van der Waals surface area (Å²) in [6.07, 6.45) is 0.913. The minimum atomic E-state index is -4.14. The average Bonchev–Trinajstić information content (AvgIpc) is 3.47. The predicted octanol–water partition coefficient (Wildman–Crippen LogP) is 5.77. The second-order valence-electron chi connectivity index (χ2n) is 9.71. The highest BCUT2D eigenvalue weighted by Gasteiger charge is 2.40. The van der Waals surface area contributed by atoms with Gasteiger partial charge in [-0.3, -0.25) is 4.79 Å². The molecule has 1 aliphatic rings. The summed E-state index contributed by atoms with van der Waals surface area (Å²) in [5, 5.41) is 12.9. The van der Waals surface area contributed by atoms with Gasteiger partial charge in [-0.25, -0.2) is 13.4 Å². The number of amides is 1. The van der Waals surface area contributed by atoms with Gasteiger partial charge in [0, 0.05) is 34.8 Å². The third-order valence-corrected chi connectivity index (χ3v) is 9.84. The second kappa shape index (κ2) is 12.0. The molecule has 0 unspecified atom stereocenters. The number of pyridine rings is 1. The number of hydrogen-bond donors (Lipinski definition) is 1. The average molecular weight is 610 g/mol. The van der Waals surface area contributed by atoms with Crippen molar-refractivity contribution < 1.29 is 17.9 Å². The summed E-state index contributed by atoms with van der Waals surface area (Å²) >= 11 is 13.1. The van der Waals surface area contributed by atoms with Crippen LogP contribution in [-0.4, -0.2) is 36.2 Å². The van der Waals surface area contributed by atoms with Crippen LogP contribution >= 0.6 is 23.2 Å². The first-order valence-electron chi connectivity index (χ1n) is 12.9. The molecule has 1 fully saturated rings. The number of rotatable bonds is 8. The van der Waals surface area contributed by atoms with Crippen LogP contribution in [0.5, 0.6) is 5.75 Å². The van der Waals surface area contributed by atoms with E-state index in [1.807, 2.05) is 37.3 Å². The molecule has 11 heteroatoms. The SMILES string of the molecule is Cc1ccc2cccc(OCc3c(Cl)ccc(S(=O)(=O)N4CCC[C@H]4C(=O)NCc4ccc(C#N)cc4)c3Cl)c2n1. The third-order valence-electron chi connectivity index (χ3n) is 6.99. The van der Waals surface area contributed by atoms with Gasteiger partial charge >= 0.3 is 0 Å². The van der Waals surface area contributed by atoms with Gasteiger partial charge in [-0.1, -0.05) is 53.5 Å². The number of benzene rings is 3. The normalized spacial score (nSPS) is 15.5. The molecule has 1 aromatic heterocycles. The monoisotopic (exact) mass is 608 g/mol. The van der Waals surface area contributed by atoms with Gasteiger partial charge in [-0.05, 0) is 61.7 Å². The van der Waals surface area contributed by atoms with Crippen molar-refractivity contribution in [2.24, 2.45) is 0 Å². The van der Waals surface area contributed by atoms with Crippen molar-refractivity contribution in [2.75, 3.05) is 6.54 Å². The van der Waals surface area contributed by atoms with E-state index in [9.17, 15) is 13.2 Å². The Bertz CT molecular complexity index is 1770. The molecule has 3 aromatic carbocycles. The number of halogens is 2. The van der Waals surface area contributed by atoms with E-state index in [0.29, 0.717) is 35.2 Å². The molecule has 1 N–H and O–H groups in total. The van der Waals surface area contributed by atoms with E-state index in [1.54, 1.807) is 30.3 Å². The Morgan fingerprint density at radius 3 is 2.66 bits per heavy atom. The van der Waals surface area contributed by atoms with Gasteiger partial charge < -0.3 is 10.1 Å². The van der Waals surface area contributed by atoms with Gasteiger partial charge in [0.25, 0.3) is 0 Å². The molecule has 0 spiro atoms. The van der Waals surface area contributed by atoms with Crippen molar-refractivity contribution in [3.63, 3.8) is 0 Å². The Labute approximate surface area is 248 Å². The van der Waals surface area contributed by atoms with Crippen molar-refractivity contribution in [3.05, 3.63) is 99.2 Å². The summed E-state index contributed by atoms with van der Waals surface area (Å²) in [7, 11) is -4.14. The molecule has 0 saturated carbocycles. The third kappa shape index (κ3) is 6.02. The smallest absolute Gasteiger partial charge is 0.245 e. The lowest BCUT2D eigenvalue weighted by atomic mass is 10.1. The number of carbonyl (C=O) groups excluding carboxylic acids is 1. The number of aryl methyl sites for hydroxylation is 1. The Kier molecular flexibility index (Phi) is 8.47. The van der Waals surface area contributed by atoms with E-state index in [4.69, 9.17) is 33.2 Å². The topological polar surface area (TPSA) is 112 Å². The molecule has 1 aliphatic heterocycles. The molecule has 41 heavy (non-hydrogen) atoms. The Balaban J connectivity index is 1.35. The molecule has 8 nitrogen and oxygen atoms in total. The quantitative estimate of drug-likeness (QED) is 0.272. The van der Waals surface area contributed by atoms with Crippen molar-refractivity contribution in [1.82, 2.24) is 14.6 Å². The van der Waals surface area contributed by atoms with Crippen LogP contribution in [-0.2, 0) is 28.0 Å². The van der Waals surface area contributed by atoms with Crippen molar-refractivity contribution in [2.45, 2.75) is 43.9 Å². The number of hydrogen-bond acceptors (Lipinski definition) is 6. The lowest BCUT2D eigenvalue weighted by Gasteiger charge is -2.24. The van der Waals surface area contributed by atoms with Crippen molar-refractivity contribution in [1.29, 1.82) is 5.26 Å². The van der Waals surface area contributed by atoms with Crippen LogP contribution in [0.2, 0.25) is 10.0 Å². The van der Waals surface area contributed by atoms with Crippen LogP contribution in [0, 0.1) is 18.3 Å². The molecule has 1 saturated heterocycles. The molecule has 0 bridgehead atoms. The molecular formula is C30H26Cl2N4O4S. The minimum Gasteiger partial charge on any atom is -0.487 e. The van der Waals surface area contributed by atoms with E-state index in [0.717, 1.165) is 16.6 Å². The predicted molar refractivity (Wildman–Crippen MR) is 157 cm³/mol. The van der Waals surface area contributed by atoms with Crippen molar-refractivity contribution in [3.8, 4) is 11.8 Å². The molecule has 1 atom stereocenters. The van der Waals surface area contributed by atoms with Crippen LogP contribution in [0.4, 0.5) is 0 Å². The Morgan fingerprint density at radius 2 is 1.90 bits per heavy atom. The standard InChI is InChI=1S/C30H26Cl2N4O4S/c1-19-7-12-22-4-2-6-26(29(22)35-19)40-18-23-24(31)13-14-27(28(23)32)41(38,39)36-15-3-5-25(36)30(37)34-17-21-10-8-20(16-33)9-11-21/h2,4,6-14,25H,3,5,15,17-18H2,1H3,(H,34,37)/t25-/m0/s1. The first-order chi connectivity index (χ1) is 19.7. The number of aromatic nitrogens is 1. The largest absolute Gasteiger partial charge is 0.487 e. The van der Waals surface area contributed by atoms with E-state index in [1.165, 1.54) is 16.4 Å². The fourth-order valence-electron chi connectivity index (χ4n) is 4.81. The Morgan fingerprint density at radius 1 is 1.12 bits per heavy atom. The first kappa shape index (κ1) is 28.8. The van der Waals surface area contributed by atoms with Crippen LogP contribution in [0.25, 0.3) is 10.9 Å². The van der Waals surface area contributed by atoms with Gasteiger partial charge in [0.2, 0.25) is 15.9 Å². The summed E-state index contributed by atoms with van der Waals surface area (Å²) in [5.41, 5.74) is 3.14. The summed E-state index contributed by atoms with van der Waals surface area (Å²) in [6, 6.07) is 20.2. The zero-order valence-electron chi connectivity index (χ0n) is 22.1. The van der Waals surface area contributed by atoms with E-state index in [2.05, 4.69) is 10.3 Å². The van der Waals surface area contributed by atoms with Crippen LogP contribution in [0.1, 0.15) is 35.2 Å². The highest BCUT2D eigenvalue weighted by molar-refractivity contribution is 7.89. The van der Waals surface area contributed by atoms with Crippen molar-refractivity contribution >= 4 is 50.0 Å². The van der Waals surface area contributed by atoms with Gasteiger partial charge in [0.05, 0.1) is 16.7 Å². The number of nitrogens with zero attached hydrogens (tertiary/aromatic N) is 3. The lowest BCUT2D eigenvalue weighted by molar-refractivity contribution is -0.124. The fraction of sp³-hybridized carbons (Fsp3) is 0.233. The van der Waals surface area contributed by atoms with Gasteiger partial charge in [-0.15, -0.1) is 0 Å². The van der Waals surface area contributed by atoms with Crippen LogP contribution in [0.15, 0.2) is 71.6 Å². The number of nitriles is 1. The van der Waals surface area contributed by atoms with Gasteiger partial charge in [-0.2, -0.15) is 9.57 Å². The maximum atomic E-state index is 13.8. The van der Waals surface area contributed by atoms with E-state index < -0.39 is 22.0 Å². The Hall–Kier alpha value is -3.68. The molecule has 4 aromatic rings. The molecule has 210 valence electrons. The van der Waals surface area contributed by atoms with Gasteiger partial charge in [0.1, 0.15) is 28.8 Å².